The average molecular weight is 317 g/mol. The summed E-state index contributed by atoms with van der Waals surface area (Å²) in [6.07, 6.45) is 0. The molecule has 2 radical (unpaired) electrons. The summed E-state index contributed by atoms with van der Waals surface area (Å²) in [6.45, 7) is 0. The van der Waals surface area contributed by atoms with Crippen LogP contribution in [-0.4, -0.2) is 59.1 Å². The second-order valence-corrected chi connectivity index (χ2v) is 0. The van der Waals surface area contributed by atoms with Crippen molar-refractivity contribution in [2.24, 2.45) is 0 Å². The molecule has 0 atom stereocenters. The fraction of sp³-hybridized carbons (Fsp3) is 0. The van der Waals surface area contributed by atoms with Crippen molar-refractivity contribution in [2.75, 3.05) is 0 Å². The van der Waals surface area contributed by atoms with Gasteiger partial charge in [0.2, 0.25) is 0 Å². The van der Waals surface area contributed by atoms with Crippen molar-refractivity contribution in [3.8, 4) is 0 Å². The Morgan fingerprint density at radius 3 is 0.286 bits per heavy atom. The number of rotatable bonds is 0. The molecule has 0 amide bonds. The summed E-state index contributed by atoms with van der Waals surface area (Å²) in [7, 11) is 0. The van der Waals surface area contributed by atoms with Crippen molar-refractivity contribution in [1.82, 2.24) is 0 Å². The third-order valence-corrected chi connectivity index (χ3v) is 0. The molecular weight excluding hydrogens is 305 g/mol. The molecule has 0 saturated carbocycles. The zero-order valence-corrected chi connectivity index (χ0v) is 6.92. The van der Waals surface area contributed by atoms with E-state index in [2.05, 4.69) is 0 Å². The first kappa shape index (κ1) is 816. The van der Waals surface area contributed by atoms with E-state index in [1.54, 1.807) is 0 Å². The molecule has 0 bridgehead atoms. The van der Waals surface area contributed by atoms with Crippen LogP contribution >= 0.6 is 0 Å². The first-order chi connectivity index (χ1) is 0. The molecule has 0 aliphatic carbocycles. The first-order valence-corrected chi connectivity index (χ1v) is 0. The maximum absolute atomic E-state index is 0. The fourth-order valence-corrected chi connectivity index (χ4v) is 0. The van der Waals surface area contributed by atoms with Gasteiger partial charge in [0.1, 0.15) is 0 Å². The Morgan fingerprint density at radius 2 is 0.286 bits per heavy atom. The first-order valence-electron chi connectivity index (χ1n) is 0. The van der Waals surface area contributed by atoms with Gasteiger partial charge in [0, 0.05) is 0 Å². The molecule has 0 unspecified atom stereocenters. The van der Waals surface area contributed by atoms with Crippen LogP contribution in [0.15, 0.2) is 0 Å². The van der Waals surface area contributed by atoms with E-state index in [0.717, 1.165) is 0 Å². The van der Waals surface area contributed by atoms with Gasteiger partial charge in [-0.2, -0.15) is 0 Å². The molecule has 0 aromatic heterocycles. The Hall–Kier alpha value is 0.643. The van der Waals surface area contributed by atoms with Gasteiger partial charge in [-0.1, -0.05) is 0 Å². The average Bonchev–Trinajstić information content (AvgIpc) is 0. The topological polar surface area (TPSA) is 189 Å². The van der Waals surface area contributed by atoms with Gasteiger partial charge in [0.15, 0.2) is 0 Å². The molecule has 0 aromatic rings. The van der Waals surface area contributed by atoms with Crippen molar-refractivity contribution in [3.05, 3.63) is 0 Å². The van der Waals surface area contributed by atoms with Crippen molar-refractivity contribution >= 4 is 26.2 Å². The van der Waals surface area contributed by atoms with Gasteiger partial charge in [-0.3, -0.25) is 0 Å². The summed E-state index contributed by atoms with van der Waals surface area (Å²) >= 11 is 0. The molecule has 0 heterocycles. The van der Waals surface area contributed by atoms with E-state index in [9.17, 15) is 0 Å². The third kappa shape index (κ3) is 346. The van der Waals surface area contributed by atoms with Gasteiger partial charge in [0.25, 0.3) is 0 Å². The van der Waals surface area contributed by atoms with Gasteiger partial charge in [0.05, 0.1) is 0 Å². The van der Waals surface area contributed by atoms with Crippen molar-refractivity contribution in [2.45, 2.75) is 0 Å². The largest absolute Gasteiger partial charge is 3.00 e. The van der Waals surface area contributed by atoms with Crippen LogP contribution in [0.1, 0.15) is 0 Å². The van der Waals surface area contributed by atoms with E-state index in [1.807, 2.05) is 0 Å². The zero-order chi connectivity index (χ0) is 0. The van der Waals surface area contributed by atoms with Crippen LogP contribution < -0.4 is 0 Å². The predicted molar refractivity (Wildman–Crippen MR) is 27.4 cm³/mol. The minimum Gasteiger partial charge on any atom is -0.412 e. The third-order valence-electron chi connectivity index (χ3n) is 0. The normalized spacial score (nSPS) is 0. The molecule has 12 N–H and O–H groups in total. The summed E-state index contributed by atoms with van der Waals surface area (Å²) in [5.41, 5.74) is 0. The molecule has 7 heavy (non-hydrogen) atoms. The predicted octanol–water partition coefficient (Wildman–Crippen LogP) is -5.33. The number of hydrogen-bond acceptors (Lipinski definition) is 0. The van der Waals surface area contributed by atoms with E-state index < -0.39 is 0 Å². The van der Waals surface area contributed by atoms with E-state index >= 15 is 0 Å². The Kier molecular flexibility index (Phi) is 59600. The van der Waals surface area contributed by atoms with Crippen LogP contribution in [0.25, 0.3) is 0 Å². The molecular formula is H12BiO6+3. The maximum atomic E-state index is 0. The Morgan fingerprint density at radius 1 is 0.286 bits per heavy atom. The molecule has 0 aliphatic rings. The van der Waals surface area contributed by atoms with E-state index in [4.69, 9.17) is 0 Å². The van der Waals surface area contributed by atoms with E-state index in [-0.39, 0.29) is 59.1 Å². The van der Waals surface area contributed by atoms with Crippen LogP contribution in [0.4, 0.5) is 0 Å². The summed E-state index contributed by atoms with van der Waals surface area (Å²) in [5.74, 6) is 0. The van der Waals surface area contributed by atoms with Crippen LogP contribution in [0.2, 0.25) is 0 Å². The summed E-state index contributed by atoms with van der Waals surface area (Å²) < 4.78 is 0. The monoisotopic (exact) mass is 317 g/mol. The second kappa shape index (κ2) is 511. The standard InChI is InChI=1S/Bi.6H2O/h;6*1H2/q+3;;;;;;. The molecule has 6 nitrogen and oxygen atoms in total. The summed E-state index contributed by atoms with van der Waals surface area (Å²) in [4.78, 5) is 0. The number of hydrogen-bond donors (Lipinski definition) is 0. The minimum absolute atomic E-state index is 0. The van der Waals surface area contributed by atoms with E-state index in [1.165, 1.54) is 0 Å². The van der Waals surface area contributed by atoms with Gasteiger partial charge >= 0.3 is 26.2 Å². The quantitative estimate of drug-likeness (QED) is 0.386. The second-order valence-electron chi connectivity index (χ2n) is 0. The van der Waals surface area contributed by atoms with Gasteiger partial charge in [-0.05, 0) is 0 Å². The Labute approximate surface area is 59.5 Å². The molecule has 0 saturated heterocycles. The SMILES string of the molecule is O.O.O.O.O.O.[Bi+3]. The van der Waals surface area contributed by atoms with Crippen molar-refractivity contribution in [3.63, 3.8) is 0 Å². The maximum Gasteiger partial charge on any atom is 3.00 e. The minimum atomic E-state index is 0. The van der Waals surface area contributed by atoms with Crippen LogP contribution in [0, 0.1) is 0 Å². The Balaban J connectivity index is 0. The smallest absolute Gasteiger partial charge is 0.412 e. The molecule has 0 aromatic carbocycles. The summed E-state index contributed by atoms with van der Waals surface area (Å²) in [5, 5.41) is 0. The Bertz CT molecular complexity index is 4.14. The van der Waals surface area contributed by atoms with Crippen LogP contribution in [0.5, 0.6) is 0 Å². The molecule has 0 aliphatic heterocycles. The van der Waals surface area contributed by atoms with Gasteiger partial charge in [-0.25, -0.2) is 0 Å². The van der Waals surface area contributed by atoms with E-state index in [0.29, 0.717) is 0 Å². The van der Waals surface area contributed by atoms with Crippen molar-refractivity contribution < 1.29 is 32.9 Å². The van der Waals surface area contributed by atoms with Crippen LogP contribution in [0.3, 0.4) is 0 Å². The van der Waals surface area contributed by atoms with Gasteiger partial charge < -0.3 is 32.9 Å². The molecule has 0 fully saturated rings. The molecule has 7 heteroatoms. The van der Waals surface area contributed by atoms with Gasteiger partial charge in [-0.15, -0.1) is 0 Å². The van der Waals surface area contributed by atoms with Crippen molar-refractivity contribution in [1.29, 1.82) is 0 Å². The molecule has 0 rings (SSSR count). The fourth-order valence-electron chi connectivity index (χ4n) is 0. The van der Waals surface area contributed by atoms with Crippen LogP contribution in [-0.2, 0) is 0 Å². The summed E-state index contributed by atoms with van der Waals surface area (Å²) in [6, 6.07) is 0. The zero-order valence-electron chi connectivity index (χ0n) is 3.45. The molecule has 0 spiro atoms. The molecule has 50 valence electrons.